The summed E-state index contributed by atoms with van der Waals surface area (Å²) in [4.78, 5) is 13.1. The van der Waals surface area contributed by atoms with E-state index in [4.69, 9.17) is 4.74 Å². The fourth-order valence-electron chi connectivity index (χ4n) is 1.33. The second-order valence-electron chi connectivity index (χ2n) is 5.16. The average molecular weight is 235 g/mol. The van der Waals surface area contributed by atoms with Gasteiger partial charge in [0.25, 0.3) is 0 Å². The molecule has 0 radical (unpaired) electrons. The molecule has 0 N–H and O–H groups in total. The summed E-state index contributed by atoms with van der Waals surface area (Å²) >= 11 is 0. The fourth-order valence-corrected chi connectivity index (χ4v) is 1.33. The van der Waals surface area contributed by atoms with Gasteiger partial charge >= 0.3 is 6.09 Å². The van der Waals surface area contributed by atoms with Gasteiger partial charge in [-0.1, -0.05) is 32.9 Å². The van der Waals surface area contributed by atoms with Gasteiger partial charge in [-0.25, -0.2) is 4.79 Å². The van der Waals surface area contributed by atoms with Crippen LogP contribution in [0.15, 0.2) is 24.3 Å². The molecule has 0 unspecified atom stereocenters. The Labute approximate surface area is 103 Å². The molecular formula is C14H21NO2. The lowest BCUT2D eigenvalue weighted by atomic mass is 9.87. The van der Waals surface area contributed by atoms with Gasteiger partial charge in [0.1, 0.15) is 5.75 Å². The molecule has 3 nitrogen and oxygen atoms in total. The van der Waals surface area contributed by atoms with E-state index in [2.05, 4.69) is 20.8 Å². The van der Waals surface area contributed by atoms with Gasteiger partial charge in [-0.2, -0.15) is 0 Å². The molecule has 0 heterocycles. The third-order valence-corrected chi connectivity index (χ3v) is 2.69. The molecule has 1 amide bonds. The number of carbonyl (C=O) groups excluding carboxylic acids is 1. The first-order valence-electron chi connectivity index (χ1n) is 5.88. The van der Waals surface area contributed by atoms with Gasteiger partial charge in [-0.05, 0) is 30.0 Å². The van der Waals surface area contributed by atoms with E-state index in [1.54, 1.807) is 13.1 Å². The minimum absolute atomic E-state index is 0.0546. The van der Waals surface area contributed by atoms with Crippen LogP contribution in [0.5, 0.6) is 5.75 Å². The highest BCUT2D eigenvalue weighted by atomic mass is 16.6. The Morgan fingerprint density at radius 1 is 1.35 bits per heavy atom. The predicted octanol–water partition coefficient (Wildman–Crippen LogP) is 3.43. The van der Waals surface area contributed by atoms with Crippen LogP contribution < -0.4 is 4.74 Å². The number of benzene rings is 1. The Hall–Kier alpha value is -1.51. The normalized spacial score (nSPS) is 11.1. The molecule has 0 aromatic heterocycles. The molecule has 0 spiro atoms. The van der Waals surface area contributed by atoms with E-state index in [-0.39, 0.29) is 11.5 Å². The topological polar surface area (TPSA) is 29.5 Å². The van der Waals surface area contributed by atoms with Gasteiger partial charge in [-0.3, -0.25) is 0 Å². The summed E-state index contributed by atoms with van der Waals surface area (Å²) in [6, 6.07) is 7.67. The van der Waals surface area contributed by atoms with Crippen LogP contribution in [-0.2, 0) is 5.41 Å². The zero-order valence-corrected chi connectivity index (χ0v) is 11.3. The molecule has 1 aromatic rings. The molecule has 3 heteroatoms. The molecule has 0 atom stereocenters. The Kier molecular flexibility index (Phi) is 4.16. The smallest absolute Gasteiger partial charge is 0.410 e. The standard InChI is InChI=1S/C14H21NO2/c1-6-15(5)13(16)17-12-9-7-8-11(10-12)14(2,3)4/h7-10H,6H2,1-5H3. The van der Waals surface area contributed by atoms with Crippen LogP contribution in [-0.4, -0.2) is 24.6 Å². The molecule has 94 valence electrons. The Morgan fingerprint density at radius 2 is 2.00 bits per heavy atom. The highest BCUT2D eigenvalue weighted by Gasteiger charge is 2.15. The first-order chi connectivity index (χ1) is 7.84. The summed E-state index contributed by atoms with van der Waals surface area (Å²) in [6.07, 6.45) is -0.321. The van der Waals surface area contributed by atoms with Gasteiger partial charge in [0.2, 0.25) is 0 Å². The maximum atomic E-state index is 11.6. The quantitative estimate of drug-likeness (QED) is 0.786. The lowest BCUT2D eigenvalue weighted by Gasteiger charge is -2.20. The summed E-state index contributed by atoms with van der Waals surface area (Å²) < 4.78 is 5.29. The Morgan fingerprint density at radius 3 is 2.53 bits per heavy atom. The van der Waals surface area contributed by atoms with Crippen LogP contribution >= 0.6 is 0 Å². The van der Waals surface area contributed by atoms with Gasteiger partial charge in [-0.15, -0.1) is 0 Å². The van der Waals surface area contributed by atoms with Crippen molar-refractivity contribution >= 4 is 6.09 Å². The summed E-state index contributed by atoms with van der Waals surface area (Å²) in [5, 5.41) is 0. The largest absolute Gasteiger partial charge is 0.414 e. The van der Waals surface area contributed by atoms with Crippen molar-refractivity contribution in [2.75, 3.05) is 13.6 Å². The van der Waals surface area contributed by atoms with E-state index in [1.807, 2.05) is 25.1 Å². The van der Waals surface area contributed by atoms with Gasteiger partial charge in [0.15, 0.2) is 0 Å². The van der Waals surface area contributed by atoms with Crippen molar-refractivity contribution in [1.29, 1.82) is 0 Å². The van der Waals surface area contributed by atoms with E-state index in [9.17, 15) is 4.79 Å². The van der Waals surface area contributed by atoms with Crippen molar-refractivity contribution in [3.05, 3.63) is 29.8 Å². The number of hydrogen-bond acceptors (Lipinski definition) is 2. The van der Waals surface area contributed by atoms with Gasteiger partial charge < -0.3 is 9.64 Å². The van der Waals surface area contributed by atoms with Crippen molar-refractivity contribution in [3.63, 3.8) is 0 Å². The van der Waals surface area contributed by atoms with E-state index < -0.39 is 0 Å². The Bertz CT molecular complexity index is 393. The highest BCUT2D eigenvalue weighted by molar-refractivity contribution is 5.70. The molecule has 0 bridgehead atoms. The second-order valence-corrected chi connectivity index (χ2v) is 5.16. The third-order valence-electron chi connectivity index (χ3n) is 2.69. The summed E-state index contributed by atoms with van der Waals surface area (Å²) in [7, 11) is 1.72. The van der Waals surface area contributed by atoms with Crippen molar-refractivity contribution < 1.29 is 9.53 Å². The number of ether oxygens (including phenoxy) is 1. The van der Waals surface area contributed by atoms with E-state index in [0.29, 0.717) is 12.3 Å². The average Bonchev–Trinajstić information content (AvgIpc) is 2.27. The van der Waals surface area contributed by atoms with Crippen LogP contribution in [0, 0.1) is 0 Å². The van der Waals surface area contributed by atoms with Crippen LogP contribution in [0.2, 0.25) is 0 Å². The zero-order valence-electron chi connectivity index (χ0n) is 11.3. The molecule has 0 fully saturated rings. The molecule has 0 saturated heterocycles. The maximum absolute atomic E-state index is 11.6. The SMILES string of the molecule is CCN(C)C(=O)Oc1cccc(C(C)(C)C)c1. The number of rotatable bonds is 2. The molecule has 1 aromatic carbocycles. The predicted molar refractivity (Wildman–Crippen MR) is 69.5 cm³/mol. The lowest BCUT2D eigenvalue weighted by Crippen LogP contribution is -2.29. The second kappa shape index (κ2) is 5.21. The third kappa shape index (κ3) is 3.77. The molecular weight excluding hydrogens is 214 g/mol. The van der Waals surface area contributed by atoms with Crippen LogP contribution in [0.4, 0.5) is 4.79 Å². The van der Waals surface area contributed by atoms with Crippen LogP contribution in [0.3, 0.4) is 0 Å². The number of nitrogens with zero attached hydrogens (tertiary/aromatic N) is 1. The zero-order chi connectivity index (χ0) is 13.1. The first kappa shape index (κ1) is 13.6. The first-order valence-corrected chi connectivity index (χ1v) is 5.88. The minimum Gasteiger partial charge on any atom is -0.410 e. The Balaban J connectivity index is 2.83. The molecule has 1 rings (SSSR count). The summed E-state index contributed by atoms with van der Waals surface area (Å²) in [5.41, 5.74) is 1.21. The van der Waals surface area contributed by atoms with Gasteiger partial charge in [0, 0.05) is 13.6 Å². The van der Waals surface area contributed by atoms with E-state index >= 15 is 0 Å². The number of amides is 1. The monoisotopic (exact) mass is 235 g/mol. The summed E-state index contributed by atoms with van der Waals surface area (Å²) in [6.45, 7) is 8.94. The maximum Gasteiger partial charge on any atom is 0.414 e. The number of hydrogen-bond donors (Lipinski definition) is 0. The van der Waals surface area contributed by atoms with E-state index in [1.165, 1.54) is 4.90 Å². The van der Waals surface area contributed by atoms with Crippen molar-refractivity contribution in [1.82, 2.24) is 4.90 Å². The van der Waals surface area contributed by atoms with Crippen LogP contribution in [0.25, 0.3) is 0 Å². The number of carbonyl (C=O) groups is 1. The molecule has 0 aliphatic rings. The summed E-state index contributed by atoms with van der Waals surface area (Å²) in [5.74, 6) is 0.600. The van der Waals surface area contributed by atoms with Crippen molar-refractivity contribution in [2.45, 2.75) is 33.1 Å². The molecule has 0 aliphatic carbocycles. The highest BCUT2D eigenvalue weighted by Crippen LogP contribution is 2.25. The fraction of sp³-hybridized carbons (Fsp3) is 0.500. The van der Waals surface area contributed by atoms with Crippen LogP contribution in [0.1, 0.15) is 33.3 Å². The molecule has 0 aliphatic heterocycles. The van der Waals surface area contributed by atoms with Crippen molar-refractivity contribution in [3.8, 4) is 5.75 Å². The van der Waals surface area contributed by atoms with E-state index in [0.717, 1.165) is 5.56 Å². The molecule has 17 heavy (non-hydrogen) atoms. The lowest BCUT2D eigenvalue weighted by molar-refractivity contribution is 0.165. The van der Waals surface area contributed by atoms with Gasteiger partial charge in [0.05, 0.1) is 0 Å². The van der Waals surface area contributed by atoms with Crippen molar-refractivity contribution in [2.24, 2.45) is 0 Å². The molecule has 0 saturated carbocycles. The minimum atomic E-state index is -0.321.